The average Bonchev–Trinajstić information content (AvgIpc) is 2.46. The minimum atomic E-state index is -0.917. The number of primary amides is 1. The van der Waals surface area contributed by atoms with Gasteiger partial charge in [0.25, 0.3) is 0 Å². The highest BCUT2D eigenvalue weighted by Gasteiger charge is 2.33. The van der Waals surface area contributed by atoms with Crippen LogP contribution >= 0.6 is 0 Å². The summed E-state index contributed by atoms with van der Waals surface area (Å²) in [7, 11) is 1.57. The lowest BCUT2D eigenvalue weighted by Gasteiger charge is -2.38. The largest absolute Gasteiger partial charge is 0.495 e. The fraction of sp³-hybridized carbons (Fsp3) is 0.500. The molecule has 2 rings (SSSR count). The summed E-state index contributed by atoms with van der Waals surface area (Å²) in [4.78, 5) is 28.8. The molecule has 6 nitrogen and oxygen atoms in total. The number of aromatic nitrogens is 1. The number of carbonyl (C=O) groups excluding carboxylic acids is 2. The second kappa shape index (κ2) is 5.90. The van der Waals surface area contributed by atoms with Crippen molar-refractivity contribution in [3.63, 3.8) is 0 Å². The molecule has 0 unspecified atom stereocenters. The average molecular weight is 277 g/mol. The Labute approximate surface area is 117 Å². The van der Waals surface area contributed by atoms with Crippen LogP contribution in [-0.2, 0) is 9.59 Å². The van der Waals surface area contributed by atoms with Crippen LogP contribution in [0.5, 0.6) is 5.75 Å². The van der Waals surface area contributed by atoms with E-state index in [1.165, 1.54) is 0 Å². The zero-order valence-electron chi connectivity index (χ0n) is 11.7. The molecule has 1 aliphatic rings. The first-order valence-corrected chi connectivity index (χ1v) is 6.62. The van der Waals surface area contributed by atoms with Crippen molar-refractivity contribution in [3.05, 3.63) is 24.0 Å². The summed E-state index contributed by atoms with van der Waals surface area (Å²) in [5.74, 6) is -0.565. The van der Waals surface area contributed by atoms with Gasteiger partial charge in [-0.1, -0.05) is 6.92 Å². The molecule has 1 saturated heterocycles. The predicted molar refractivity (Wildman–Crippen MR) is 72.8 cm³/mol. The van der Waals surface area contributed by atoms with E-state index >= 15 is 0 Å². The lowest BCUT2D eigenvalue weighted by atomic mass is 9.90. The molecule has 1 fully saturated rings. The third-order valence-electron chi connectivity index (χ3n) is 3.64. The summed E-state index contributed by atoms with van der Waals surface area (Å²) in [6.07, 6.45) is 5.08. The molecule has 6 heteroatoms. The molecule has 1 aliphatic heterocycles. The van der Waals surface area contributed by atoms with Gasteiger partial charge < -0.3 is 15.4 Å². The second-order valence-electron chi connectivity index (χ2n) is 5.18. The third-order valence-corrected chi connectivity index (χ3v) is 3.64. The molecule has 0 bridgehead atoms. The van der Waals surface area contributed by atoms with E-state index < -0.39 is 11.8 Å². The first kappa shape index (κ1) is 14.3. The van der Waals surface area contributed by atoms with Crippen LogP contribution < -0.4 is 10.5 Å². The van der Waals surface area contributed by atoms with Crippen LogP contribution in [0, 0.1) is 5.92 Å². The summed E-state index contributed by atoms with van der Waals surface area (Å²) in [6.45, 7) is 2.59. The highest BCUT2D eigenvalue weighted by molar-refractivity contribution is 6.34. The lowest BCUT2D eigenvalue weighted by Crippen LogP contribution is -2.46. The van der Waals surface area contributed by atoms with Crippen LogP contribution in [0.25, 0.3) is 0 Å². The van der Waals surface area contributed by atoms with Gasteiger partial charge in [0.2, 0.25) is 0 Å². The van der Waals surface area contributed by atoms with Gasteiger partial charge in [-0.15, -0.1) is 0 Å². The molecular formula is C14H19N3O3. The number of nitrogens with two attached hydrogens (primary N) is 1. The van der Waals surface area contributed by atoms with Crippen LogP contribution in [0.2, 0.25) is 0 Å². The Kier molecular flexibility index (Phi) is 4.22. The summed E-state index contributed by atoms with van der Waals surface area (Å²) >= 11 is 0. The maximum Gasteiger partial charge on any atom is 0.312 e. The van der Waals surface area contributed by atoms with Crippen molar-refractivity contribution in [3.8, 4) is 5.75 Å². The van der Waals surface area contributed by atoms with E-state index in [0.717, 1.165) is 18.4 Å². The van der Waals surface area contributed by atoms with E-state index in [4.69, 9.17) is 10.5 Å². The molecule has 2 N–H and O–H groups in total. The monoisotopic (exact) mass is 277 g/mol. The fourth-order valence-corrected chi connectivity index (χ4v) is 2.59. The molecule has 2 atom stereocenters. The topological polar surface area (TPSA) is 85.5 Å². The number of nitrogens with zero attached hydrogens (tertiary/aromatic N) is 2. The Morgan fingerprint density at radius 3 is 2.80 bits per heavy atom. The van der Waals surface area contributed by atoms with Crippen molar-refractivity contribution in [2.24, 2.45) is 11.7 Å². The van der Waals surface area contributed by atoms with Crippen LogP contribution in [0.1, 0.15) is 31.4 Å². The first-order chi connectivity index (χ1) is 9.52. The quantitative estimate of drug-likeness (QED) is 0.813. The highest BCUT2D eigenvalue weighted by atomic mass is 16.5. The minimum absolute atomic E-state index is 0.172. The highest BCUT2D eigenvalue weighted by Crippen LogP contribution is 2.34. The summed E-state index contributed by atoms with van der Waals surface area (Å²) in [5, 5.41) is 0. The number of ether oxygens (including phenoxy) is 1. The van der Waals surface area contributed by atoms with Gasteiger partial charge in [0, 0.05) is 12.7 Å². The van der Waals surface area contributed by atoms with Gasteiger partial charge in [-0.3, -0.25) is 14.6 Å². The maximum absolute atomic E-state index is 12.0. The Balaban J connectivity index is 2.30. The van der Waals surface area contributed by atoms with Crippen molar-refractivity contribution in [1.82, 2.24) is 9.88 Å². The van der Waals surface area contributed by atoms with Gasteiger partial charge in [-0.2, -0.15) is 0 Å². The zero-order chi connectivity index (χ0) is 14.7. The molecule has 0 saturated carbocycles. The number of methoxy groups -OCH3 is 1. The summed E-state index contributed by atoms with van der Waals surface area (Å²) < 4.78 is 5.15. The van der Waals surface area contributed by atoms with Gasteiger partial charge in [-0.05, 0) is 30.4 Å². The number of hydrogen-bond donors (Lipinski definition) is 1. The zero-order valence-corrected chi connectivity index (χ0v) is 11.7. The van der Waals surface area contributed by atoms with E-state index in [9.17, 15) is 9.59 Å². The molecule has 1 aromatic heterocycles. The summed E-state index contributed by atoms with van der Waals surface area (Å²) in [5.41, 5.74) is 6.00. The van der Waals surface area contributed by atoms with Gasteiger partial charge in [-0.25, -0.2) is 0 Å². The SMILES string of the molecule is COc1cncc([C@H]2CC[C@H](C)CN2C(=O)C(N)=O)c1. The molecule has 108 valence electrons. The third kappa shape index (κ3) is 2.89. The number of pyridine rings is 1. The minimum Gasteiger partial charge on any atom is -0.495 e. The summed E-state index contributed by atoms with van der Waals surface area (Å²) in [6, 6.07) is 1.67. The van der Waals surface area contributed by atoms with E-state index in [-0.39, 0.29) is 6.04 Å². The number of likely N-dealkylation sites (tertiary alicyclic amines) is 1. The van der Waals surface area contributed by atoms with Gasteiger partial charge in [0.15, 0.2) is 0 Å². The molecule has 2 heterocycles. The van der Waals surface area contributed by atoms with E-state index in [1.807, 2.05) is 6.07 Å². The van der Waals surface area contributed by atoms with E-state index in [0.29, 0.717) is 18.2 Å². The number of carbonyl (C=O) groups is 2. The standard InChI is InChI=1S/C14H19N3O3/c1-9-3-4-12(17(8-9)14(19)13(15)18)10-5-11(20-2)7-16-6-10/h5-7,9,12H,3-4,8H2,1-2H3,(H2,15,18)/t9-,12+/m0/s1. The second-order valence-corrected chi connectivity index (χ2v) is 5.18. The lowest BCUT2D eigenvalue weighted by molar-refractivity contribution is -0.147. The van der Waals surface area contributed by atoms with Gasteiger partial charge >= 0.3 is 11.8 Å². The first-order valence-electron chi connectivity index (χ1n) is 6.62. The van der Waals surface area contributed by atoms with Crippen molar-refractivity contribution in [1.29, 1.82) is 0 Å². The van der Waals surface area contributed by atoms with E-state index in [2.05, 4.69) is 11.9 Å². The van der Waals surface area contributed by atoms with Crippen molar-refractivity contribution in [2.75, 3.05) is 13.7 Å². The van der Waals surface area contributed by atoms with Crippen molar-refractivity contribution < 1.29 is 14.3 Å². The molecule has 0 aromatic carbocycles. The van der Waals surface area contributed by atoms with Crippen molar-refractivity contribution in [2.45, 2.75) is 25.8 Å². The molecule has 1 aromatic rings. The van der Waals surface area contributed by atoms with E-state index in [1.54, 1.807) is 24.4 Å². The predicted octanol–water partition coefficient (Wildman–Crippen LogP) is 0.875. The smallest absolute Gasteiger partial charge is 0.312 e. The Morgan fingerprint density at radius 1 is 1.40 bits per heavy atom. The molecule has 0 spiro atoms. The molecule has 0 aliphatic carbocycles. The Morgan fingerprint density at radius 2 is 2.15 bits per heavy atom. The molecule has 2 amide bonds. The molecule has 0 radical (unpaired) electrons. The van der Waals surface area contributed by atoms with Crippen LogP contribution in [-0.4, -0.2) is 35.4 Å². The van der Waals surface area contributed by atoms with Gasteiger partial charge in [0.05, 0.1) is 19.3 Å². The van der Waals surface area contributed by atoms with Crippen molar-refractivity contribution >= 4 is 11.8 Å². The van der Waals surface area contributed by atoms with Crippen LogP contribution in [0.3, 0.4) is 0 Å². The fourth-order valence-electron chi connectivity index (χ4n) is 2.59. The number of piperidine rings is 1. The molecule has 20 heavy (non-hydrogen) atoms. The maximum atomic E-state index is 12.0. The molecular weight excluding hydrogens is 258 g/mol. The Hall–Kier alpha value is -2.11. The number of amides is 2. The number of hydrogen-bond acceptors (Lipinski definition) is 4. The van der Waals surface area contributed by atoms with Gasteiger partial charge in [0.1, 0.15) is 5.75 Å². The van der Waals surface area contributed by atoms with Crippen LogP contribution in [0.15, 0.2) is 18.5 Å². The van der Waals surface area contributed by atoms with Crippen LogP contribution in [0.4, 0.5) is 0 Å². The number of rotatable bonds is 2. The Bertz CT molecular complexity index is 518. The normalized spacial score (nSPS) is 22.4.